The summed E-state index contributed by atoms with van der Waals surface area (Å²) in [5, 5.41) is 42.6. The first-order valence-electron chi connectivity index (χ1n) is 31.0. The van der Waals surface area contributed by atoms with E-state index in [2.05, 4.69) is 17.8 Å². The van der Waals surface area contributed by atoms with Crippen molar-refractivity contribution in [2.24, 2.45) is 34.7 Å². The molecule has 19 nitrogen and oxygen atoms in total. The second kappa shape index (κ2) is 33.7. The monoisotopic (exact) mass is 1140 g/mol. The number of carbonyl (C=O) groups is 3. The molecule has 0 aromatic rings. The number of unbranched alkanes of at least 4 members (excludes halogenated alkanes) is 9. The van der Waals surface area contributed by atoms with E-state index in [4.69, 9.17) is 47.9 Å². The summed E-state index contributed by atoms with van der Waals surface area (Å²) in [5.41, 5.74) is 1.28. The minimum Gasteiger partial charge on any atom is -0.459 e. The van der Waals surface area contributed by atoms with Crippen molar-refractivity contribution < 1.29 is 72.4 Å². The fourth-order valence-corrected chi connectivity index (χ4v) is 13.1. The molecule has 1 aliphatic carbocycles. The van der Waals surface area contributed by atoms with E-state index in [-0.39, 0.29) is 31.4 Å². The lowest BCUT2D eigenvalue weighted by Gasteiger charge is -2.49. The van der Waals surface area contributed by atoms with Crippen LogP contribution in [-0.2, 0) is 52.3 Å². The van der Waals surface area contributed by atoms with Gasteiger partial charge in [0.25, 0.3) is 0 Å². The van der Waals surface area contributed by atoms with E-state index >= 15 is 0 Å². The van der Waals surface area contributed by atoms with Crippen LogP contribution in [0.15, 0.2) is 5.16 Å². The maximum absolute atomic E-state index is 14.8. The Hall–Kier alpha value is -2.72. The molecule has 1 amide bonds. The van der Waals surface area contributed by atoms with Crippen molar-refractivity contribution in [3.05, 3.63) is 0 Å². The minimum atomic E-state index is -1.97. The van der Waals surface area contributed by atoms with Crippen LogP contribution in [0.5, 0.6) is 0 Å². The molecule has 5 N–H and O–H groups in total. The Bertz CT molecular complexity index is 1850. The summed E-state index contributed by atoms with van der Waals surface area (Å²) in [6.07, 6.45) is 9.57. The van der Waals surface area contributed by atoms with Crippen LogP contribution in [0, 0.1) is 29.6 Å². The van der Waals surface area contributed by atoms with Gasteiger partial charge in [-0.1, -0.05) is 130 Å². The summed E-state index contributed by atoms with van der Waals surface area (Å²) in [6, 6.07) is -0.390. The van der Waals surface area contributed by atoms with Crippen molar-refractivity contribution in [2.45, 2.75) is 302 Å². The van der Waals surface area contributed by atoms with Crippen LogP contribution in [-0.4, -0.2) is 163 Å². The van der Waals surface area contributed by atoms with Gasteiger partial charge in [0.1, 0.15) is 23.9 Å². The van der Waals surface area contributed by atoms with Crippen molar-refractivity contribution in [1.82, 2.24) is 15.8 Å². The van der Waals surface area contributed by atoms with Gasteiger partial charge in [-0.3, -0.25) is 15.0 Å². The van der Waals surface area contributed by atoms with E-state index in [1.54, 1.807) is 41.5 Å². The van der Waals surface area contributed by atoms with E-state index < -0.39 is 114 Å². The highest BCUT2D eigenvalue weighted by Crippen LogP contribution is 2.42. The number of hydrogen-bond acceptors (Lipinski definition) is 18. The predicted molar refractivity (Wildman–Crippen MR) is 307 cm³/mol. The number of rotatable bonds is 26. The van der Waals surface area contributed by atoms with Crippen molar-refractivity contribution in [3.63, 3.8) is 0 Å². The molecule has 4 rings (SSSR count). The van der Waals surface area contributed by atoms with Crippen LogP contribution < -0.4 is 10.9 Å². The van der Waals surface area contributed by atoms with Crippen LogP contribution in [0.3, 0.4) is 0 Å². The third-order valence-corrected chi connectivity index (χ3v) is 17.9. The number of aliphatic hydroxyl groups excluding tert-OH is 1. The van der Waals surface area contributed by atoms with Gasteiger partial charge in [0.05, 0.1) is 53.8 Å². The summed E-state index contributed by atoms with van der Waals surface area (Å²) < 4.78 is 51.5. The summed E-state index contributed by atoms with van der Waals surface area (Å²) in [4.78, 5) is 49.0. The summed E-state index contributed by atoms with van der Waals surface area (Å²) in [5.74, 6) is -4.08. The number of amides is 1. The van der Waals surface area contributed by atoms with E-state index in [1.165, 1.54) is 98.0 Å². The number of likely N-dealkylation sites (N-methyl/N-ethyl adjacent to an activating group) is 1. The zero-order chi connectivity index (χ0) is 59.4. The van der Waals surface area contributed by atoms with Gasteiger partial charge in [-0.25, -0.2) is 10.2 Å². The minimum absolute atomic E-state index is 0.0225. The Morgan fingerprint density at radius 1 is 0.800 bits per heavy atom. The Labute approximate surface area is 481 Å². The standard InChI is InChI=1S/C61H112N4O15/c1-16-18-19-20-21-22-23-24-25-29-34-62-63-58(69)79-52-47(65(13)14)36-40(4)74-57(52)80-54-42(6)51(78-49-38-60(11,72-15)55(44(8)75-49)76-45(9)66)43(7)56(68)77-48(17-2)61(12,71)53(67)41(5)50(39(3)37-59(54,10)70)64-73-35-30-33-46-31-27-26-28-32-46/h39-44,46-49,51-55,57,62,67,70-71H,16-38H2,1-15H3,(H,63,69)/b64-50+/t39-,40-,41-,42+,43-,44+,47+,48+,49+,51+,52-,53-,54-,55+,57+,59?,60-,61-/m1/s1. The molecule has 0 bridgehead atoms. The van der Waals surface area contributed by atoms with E-state index in [0.717, 1.165) is 32.1 Å². The zero-order valence-electron chi connectivity index (χ0n) is 52.1. The fraction of sp³-hybridized carbons (Fsp3) is 0.934. The third-order valence-electron chi connectivity index (χ3n) is 17.9. The van der Waals surface area contributed by atoms with Gasteiger partial charge < -0.3 is 63.0 Å². The van der Waals surface area contributed by atoms with Crippen molar-refractivity contribution >= 4 is 23.7 Å². The maximum atomic E-state index is 14.8. The number of carbonyl (C=O) groups excluding carboxylic acids is 3. The topological polar surface area (TPSA) is 235 Å². The Morgan fingerprint density at radius 2 is 1.44 bits per heavy atom. The Morgan fingerprint density at radius 3 is 2.04 bits per heavy atom. The molecule has 466 valence electrons. The second-order valence-electron chi connectivity index (χ2n) is 25.3. The van der Waals surface area contributed by atoms with Gasteiger partial charge in [0, 0.05) is 44.8 Å². The van der Waals surface area contributed by atoms with E-state index in [1.807, 2.05) is 39.8 Å². The van der Waals surface area contributed by atoms with Crippen LogP contribution in [0.2, 0.25) is 0 Å². The first-order valence-corrected chi connectivity index (χ1v) is 31.0. The first kappa shape index (κ1) is 69.8. The number of hydrazine groups is 1. The molecule has 80 heavy (non-hydrogen) atoms. The number of nitrogens with zero attached hydrogens (tertiary/aromatic N) is 2. The molecule has 3 heterocycles. The number of oxime groups is 1. The molecule has 0 spiro atoms. The van der Waals surface area contributed by atoms with Crippen LogP contribution >= 0.6 is 0 Å². The van der Waals surface area contributed by atoms with Gasteiger partial charge >= 0.3 is 18.0 Å². The van der Waals surface area contributed by atoms with Crippen molar-refractivity contribution in [2.75, 3.05) is 34.4 Å². The lowest BCUT2D eigenvalue weighted by atomic mass is 9.73. The molecule has 3 saturated heterocycles. The number of aliphatic hydroxyl groups is 3. The lowest BCUT2D eigenvalue weighted by molar-refractivity contribution is -0.318. The average molecular weight is 1140 g/mol. The Balaban J connectivity index is 1.75. The van der Waals surface area contributed by atoms with Crippen molar-refractivity contribution in [1.29, 1.82) is 0 Å². The molecule has 3 aliphatic heterocycles. The molecule has 4 aliphatic rings. The quantitative estimate of drug-likeness (QED) is 0.0235. The number of cyclic esters (lactones) is 1. The highest BCUT2D eigenvalue weighted by Gasteiger charge is 2.55. The molecule has 18 atom stereocenters. The van der Waals surface area contributed by atoms with Crippen molar-refractivity contribution in [3.8, 4) is 0 Å². The second-order valence-corrected chi connectivity index (χ2v) is 25.3. The highest BCUT2D eigenvalue weighted by atomic mass is 16.7. The van der Waals surface area contributed by atoms with Gasteiger partial charge in [0.15, 0.2) is 24.8 Å². The fourth-order valence-electron chi connectivity index (χ4n) is 13.1. The Kier molecular flexibility index (Phi) is 29.4. The largest absolute Gasteiger partial charge is 0.459 e. The van der Waals surface area contributed by atoms with E-state index in [9.17, 15) is 29.7 Å². The normalized spacial score (nSPS) is 37.7. The summed E-state index contributed by atoms with van der Waals surface area (Å²) in [6.45, 7) is 21.9. The summed E-state index contributed by atoms with van der Waals surface area (Å²) >= 11 is 0. The van der Waals surface area contributed by atoms with Gasteiger partial charge in [0.2, 0.25) is 0 Å². The third kappa shape index (κ3) is 20.5. The number of esters is 2. The molecular formula is C61H112N4O15. The number of nitrogens with one attached hydrogen (secondary N) is 2. The highest BCUT2D eigenvalue weighted by molar-refractivity contribution is 5.88. The number of hydrogen-bond donors (Lipinski definition) is 5. The first-order chi connectivity index (χ1) is 37.8. The van der Waals surface area contributed by atoms with Gasteiger partial charge in [-0.05, 0) is 100 Å². The number of methoxy groups -OCH3 is 1. The molecule has 0 aromatic heterocycles. The van der Waals surface area contributed by atoms with Crippen LogP contribution in [0.4, 0.5) is 4.79 Å². The number of ether oxygens (including phenoxy) is 8. The molecular weight excluding hydrogens is 1030 g/mol. The van der Waals surface area contributed by atoms with Gasteiger partial charge in [-0.15, -0.1) is 0 Å². The molecule has 0 aromatic carbocycles. The maximum Gasteiger partial charge on any atom is 0.422 e. The lowest BCUT2D eigenvalue weighted by Crippen LogP contribution is -2.62. The van der Waals surface area contributed by atoms with Crippen LogP contribution in [0.25, 0.3) is 0 Å². The molecule has 0 radical (unpaired) electrons. The van der Waals surface area contributed by atoms with E-state index in [0.29, 0.717) is 31.2 Å². The molecule has 4 fully saturated rings. The van der Waals surface area contributed by atoms with Crippen LogP contribution in [0.1, 0.15) is 218 Å². The zero-order valence-corrected chi connectivity index (χ0v) is 52.1. The summed E-state index contributed by atoms with van der Waals surface area (Å²) in [7, 11) is 5.32. The SMILES string of the molecule is CCCCCCCCCCCCNNC(=O)O[C@H]1[C@H](O[C@@H]2[C@@H](C)[C@H](O[C@H]3C[C@@](C)(OC)[C@@H](OC(C)=O)[C@H](C)O3)[C@@H](C)C(=O)O[C@@H](CC)[C@@](C)(O)[C@H](O)[C@H](C)/C(=N/OCCCC3CCCCC3)[C@H](C)CC2(C)O)O[C@H](C)C[C@@H]1N(C)C. The molecule has 1 saturated carbocycles. The van der Waals surface area contributed by atoms with Gasteiger partial charge in [-0.2, -0.15) is 0 Å². The molecule has 1 unspecified atom stereocenters. The average Bonchev–Trinajstić information content (AvgIpc) is 3.40. The smallest absolute Gasteiger partial charge is 0.422 e. The molecule has 19 heteroatoms. The predicted octanol–water partition coefficient (Wildman–Crippen LogP) is 9.68.